The van der Waals surface area contributed by atoms with Crippen molar-refractivity contribution in [3.05, 3.63) is 181 Å². The predicted octanol–water partition coefficient (Wildman–Crippen LogP) is 14.8. The fourth-order valence-electron chi connectivity index (χ4n) is 8.89. The van der Waals surface area contributed by atoms with Gasteiger partial charge in [0.2, 0.25) is 0 Å². The summed E-state index contributed by atoms with van der Waals surface area (Å²) in [5.41, 5.74) is 5.42. The summed E-state index contributed by atoms with van der Waals surface area (Å²) in [6.07, 6.45) is 7.36. The van der Waals surface area contributed by atoms with Crippen molar-refractivity contribution in [1.29, 1.82) is 0 Å². The average Bonchev–Trinajstić information content (AvgIpc) is 3.84. The third-order valence-electron chi connectivity index (χ3n) is 11.5. The van der Waals surface area contributed by atoms with E-state index < -0.39 is 0 Å². The molecule has 52 heavy (non-hydrogen) atoms. The third kappa shape index (κ3) is 4.35. The molecule has 2 heteroatoms. The van der Waals surface area contributed by atoms with Gasteiger partial charge in [-0.1, -0.05) is 121 Å². The number of benzene rings is 9. The largest absolute Gasteiger partial charge is 0.135 e. The fraction of sp³-hybridized carbons (Fsp3) is 0.0400. The second-order valence-corrected chi connectivity index (χ2v) is 16.7. The number of thioether (sulfide) groups is 1. The molecule has 2 atom stereocenters. The Kier molecular flexibility index (Phi) is 6.08. The van der Waals surface area contributed by atoms with E-state index in [1.54, 1.807) is 0 Å². The Morgan fingerprint density at radius 1 is 0.423 bits per heavy atom. The quantitative estimate of drug-likeness (QED) is 0.128. The summed E-state index contributed by atoms with van der Waals surface area (Å²) in [7, 11) is 0. The van der Waals surface area contributed by atoms with Gasteiger partial charge in [-0.2, -0.15) is 0 Å². The van der Waals surface area contributed by atoms with E-state index in [1.807, 2.05) is 23.1 Å². The smallest absolute Gasteiger partial charge is 0.0381 e. The van der Waals surface area contributed by atoms with E-state index in [-0.39, 0.29) is 0 Å². The summed E-state index contributed by atoms with van der Waals surface area (Å²) < 4.78 is 1.34. The molecule has 10 aromatic rings. The van der Waals surface area contributed by atoms with Crippen molar-refractivity contribution in [2.24, 2.45) is 0 Å². The number of thiophene rings is 1. The van der Waals surface area contributed by atoms with Crippen LogP contribution >= 0.6 is 23.1 Å². The lowest BCUT2D eigenvalue weighted by Gasteiger charge is -2.24. The zero-order valence-electron chi connectivity index (χ0n) is 28.1. The summed E-state index contributed by atoms with van der Waals surface area (Å²) in [5, 5.41) is 17.5. The molecule has 12 rings (SSSR count). The number of hydrogen-bond acceptors (Lipinski definition) is 2. The Morgan fingerprint density at radius 2 is 0.981 bits per heavy atom. The summed E-state index contributed by atoms with van der Waals surface area (Å²) in [5.74, 6) is 0.370. The summed E-state index contributed by atoms with van der Waals surface area (Å²) in [6.45, 7) is 0. The molecule has 0 spiro atoms. The molecule has 0 saturated heterocycles. The standard InChI is InChI=1S/C50H30S2/c1-3-7-31-23-37-25-35(11-9-33(37)21-29(31)5-1)49-27-45-43-15-13-40-39(41(43)17-19-47(45)51-49)14-16-44-42(40)18-20-48-46(44)28-50(52-48)36-12-10-34-22-30-6-2-4-8-32(30)24-38(34)26-36/h1-28,45,47H. The van der Waals surface area contributed by atoms with Crippen LogP contribution in [0.3, 0.4) is 0 Å². The van der Waals surface area contributed by atoms with Crippen molar-refractivity contribution in [2.75, 3.05) is 0 Å². The first kappa shape index (κ1) is 29.0. The predicted molar refractivity (Wildman–Crippen MR) is 230 cm³/mol. The zero-order valence-corrected chi connectivity index (χ0v) is 29.8. The zero-order chi connectivity index (χ0) is 33.9. The minimum absolute atomic E-state index is 0.370. The Morgan fingerprint density at radius 3 is 1.71 bits per heavy atom. The van der Waals surface area contributed by atoms with Crippen molar-refractivity contribution in [2.45, 2.75) is 11.2 Å². The van der Waals surface area contributed by atoms with Gasteiger partial charge in [0.25, 0.3) is 0 Å². The molecule has 0 saturated carbocycles. The maximum Gasteiger partial charge on any atom is 0.0381 e. The van der Waals surface area contributed by atoms with Crippen molar-refractivity contribution in [3.63, 3.8) is 0 Å². The molecule has 1 aliphatic heterocycles. The second-order valence-electron chi connectivity index (χ2n) is 14.4. The highest BCUT2D eigenvalue weighted by Crippen LogP contribution is 2.52. The fourth-order valence-corrected chi connectivity index (χ4v) is 11.3. The number of rotatable bonds is 2. The van der Waals surface area contributed by atoms with Gasteiger partial charge in [-0.15, -0.1) is 23.1 Å². The summed E-state index contributed by atoms with van der Waals surface area (Å²) in [4.78, 5) is 2.70. The van der Waals surface area contributed by atoms with Gasteiger partial charge in [0.15, 0.2) is 0 Å². The molecular formula is C50H30S2. The van der Waals surface area contributed by atoms with Crippen molar-refractivity contribution in [1.82, 2.24) is 0 Å². The highest BCUT2D eigenvalue weighted by molar-refractivity contribution is 8.09. The molecule has 0 bridgehead atoms. The molecule has 0 radical (unpaired) electrons. The van der Waals surface area contributed by atoms with Gasteiger partial charge >= 0.3 is 0 Å². The minimum Gasteiger partial charge on any atom is -0.135 e. The van der Waals surface area contributed by atoms with Crippen LogP contribution < -0.4 is 0 Å². The molecule has 2 aliphatic rings. The lowest BCUT2D eigenvalue weighted by molar-refractivity contribution is 0.888. The van der Waals surface area contributed by atoms with Crippen LogP contribution in [0.2, 0.25) is 0 Å². The molecule has 2 heterocycles. The van der Waals surface area contributed by atoms with Crippen LogP contribution in [0.5, 0.6) is 0 Å². The first-order valence-electron chi connectivity index (χ1n) is 18.0. The second kappa shape index (κ2) is 10.9. The van der Waals surface area contributed by atoms with Gasteiger partial charge in [-0.05, 0) is 135 Å². The van der Waals surface area contributed by atoms with Crippen LogP contribution in [-0.4, -0.2) is 5.25 Å². The Balaban J connectivity index is 0.923. The molecule has 1 aromatic heterocycles. The molecule has 2 unspecified atom stereocenters. The van der Waals surface area contributed by atoms with Crippen LogP contribution in [0, 0.1) is 0 Å². The van der Waals surface area contributed by atoms with E-state index in [0.29, 0.717) is 11.2 Å². The van der Waals surface area contributed by atoms with Gasteiger partial charge in [-0.25, -0.2) is 0 Å². The Bertz CT molecular complexity index is 3230. The van der Waals surface area contributed by atoms with Crippen LogP contribution in [0.1, 0.15) is 22.6 Å². The van der Waals surface area contributed by atoms with Crippen LogP contribution in [0.25, 0.3) is 96.1 Å². The Hall–Kier alpha value is -5.67. The Labute approximate surface area is 309 Å². The van der Waals surface area contributed by atoms with E-state index in [9.17, 15) is 0 Å². The maximum atomic E-state index is 2.53. The first-order chi connectivity index (χ1) is 25.7. The van der Waals surface area contributed by atoms with Gasteiger partial charge in [-0.3, -0.25) is 0 Å². The van der Waals surface area contributed by atoms with Crippen molar-refractivity contribution < 1.29 is 0 Å². The van der Waals surface area contributed by atoms with E-state index in [2.05, 4.69) is 170 Å². The number of allylic oxidation sites excluding steroid dienone is 1. The molecule has 0 nitrogen and oxygen atoms in total. The van der Waals surface area contributed by atoms with E-state index >= 15 is 0 Å². The molecule has 242 valence electrons. The van der Waals surface area contributed by atoms with Gasteiger partial charge in [0.1, 0.15) is 0 Å². The summed E-state index contributed by atoms with van der Waals surface area (Å²) >= 11 is 3.90. The minimum atomic E-state index is 0.370. The molecule has 9 aromatic carbocycles. The molecule has 0 N–H and O–H groups in total. The van der Waals surface area contributed by atoms with Crippen LogP contribution in [0.4, 0.5) is 0 Å². The van der Waals surface area contributed by atoms with Gasteiger partial charge < -0.3 is 0 Å². The van der Waals surface area contributed by atoms with Gasteiger partial charge in [0.05, 0.1) is 0 Å². The lowest BCUT2D eigenvalue weighted by atomic mass is 9.83. The molecule has 0 fully saturated rings. The topological polar surface area (TPSA) is 0 Å². The first-order valence-corrected chi connectivity index (χ1v) is 19.7. The lowest BCUT2D eigenvalue weighted by Crippen LogP contribution is -2.12. The summed E-state index contributed by atoms with van der Waals surface area (Å²) in [6, 6.07) is 57.1. The average molecular weight is 695 g/mol. The normalized spacial score (nSPS) is 16.8. The number of fused-ring (bicyclic) bond motifs is 13. The van der Waals surface area contributed by atoms with Crippen LogP contribution in [-0.2, 0) is 0 Å². The van der Waals surface area contributed by atoms with Crippen LogP contribution in [0.15, 0.2) is 164 Å². The third-order valence-corrected chi connectivity index (χ3v) is 14.0. The highest BCUT2D eigenvalue weighted by atomic mass is 32.2. The SMILES string of the molecule is C1=CC2SC(c3ccc4cc5ccccc5cc4c3)=CC2c2ccc3c(ccc4c5cc(-c6ccc7cc8ccccc8cc7c6)sc5ccc34)c21. The van der Waals surface area contributed by atoms with E-state index in [4.69, 9.17) is 0 Å². The molecule has 0 amide bonds. The van der Waals surface area contributed by atoms with Crippen molar-refractivity contribution in [3.8, 4) is 10.4 Å². The van der Waals surface area contributed by atoms with Gasteiger partial charge in [0, 0.05) is 31.0 Å². The maximum absolute atomic E-state index is 2.53. The van der Waals surface area contributed by atoms with E-state index in [0.717, 1.165) is 0 Å². The monoisotopic (exact) mass is 694 g/mol. The highest BCUT2D eigenvalue weighted by Gasteiger charge is 2.33. The number of hydrogen-bond donors (Lipinski definition) is 0. The molecular weight excluding hydrogens is 665 g/mol. The van der Waals surface area contributed by atoms with E-state index in [1.165, 1.54) is 107 Å². The van der Waals surface area contributed by atoms with Crippen molar-refractivity contribution >= 4 is 109 Å². The molecule has 1 aliphatic carbocycles.